The average Bonchev–Trinajstić information content (AvgIpc) is 2.76. The van der Waals surface area contributed by atoms with Gasteiger partial charge in [0.1, 0.15) is 0 Å². The summed E-state index contributed by atoms with van der Waals surface area (Å²) in [6.07, 6.45) is 0.590. The lowest BCUT2D eigenvalue weighted by Gasteiger charge is -2.11. The maximum Gasteiger partial charge on any atom is 0.341 e. The summed E-state index contributed by atoms with van der Waals surface area (Å²) in [4.78, 5) is -0.438. The Bertz CT molecular complexity index is 699. The third-order valence-electron chi connectivity index (χ3n) is 3.34. The van der Waals surface area contributed by atoms with Gasteiger partial charge < -0.3 is 5.32 Å². The first-order chi connectivity index (χ1) is 9.71. The van der Waals surface area contributed by atoms with Crippen LogP contribution in [0.5, 0.6) is 0 Å². The van der Waals surface area contributed by atoms with E-state index in [-0.39, 0.29) is 17.4 Å². The first-order valence-corrected chi connectivity index (χ1v) is 9.64. The molecule has 2 rings (SSSR count). The van der Waals surface area contributed by atoms with Crippen LogP contribution in [0.4, 0.5) is 14.5 Å². The van der Waals surface area contributed by atoms with E-state index >= 15 is 0 Å². The van der Waals surface area contributed by atoms with Gasteiger partial charge in [0.25, 0.3) is 0 Å². The van der Waals surface area contributed by atoms with Crippen LogP contribution in [0.25, 0.3) is 0 Å². The fourth-order valence-corrected chi connectivity index (χ4v) is 4.74. The lowest BCUT2D eigenvalue weighted by molar-refractivity contribution is 0.234. The van der Waals surface area contributed by atoms with Gasteiger partial charge in [0.15, 0.2) is 9.84 Å². The molecule has 21 heavy (non-hydrogen) atoms. The number of benzene rings is 1. The van der Waals surface area contributed by atoms with Crippen LogP contribution in [0.1, 0.15) is 6.42 Å². The minimum Gasteiger partial charge on any atom is -0.385 e. The first-order valence-electron chi connectivity index (χ1n) is 6.27. The van der Waals surface area contributed by atoms with Crippen molar-refractivity contribution in [1.82, 2.24) is 0 Å². The van der Waals surface area contributed by atoms with E-state index in [2.05, 4.69) is 5.32 Å². The van der Waals surface area contributed by atoms with Crippen LogP contribution in [-0.4, -0.2) is 40.6 Å². The van der Waals surface area contributed by atoms with E-state index in [4.69, 9.17) is 0 Å². The van der Waals surface area contributed by atoms with Crippen molar-refractivity contribution in [1.29, 1.82) is 0 Å². The van der Waals surface area contributed by atoms with Crippen molar-refractivity contribution in [3.05, 3.63) is 24.3 Å². The van der Waals surface area contributed by atoms with Crippen molar-refractivity contribution in [2.24, 2.45) is 5.92 Å². The molecule has 0 aliphatic carbocycles. The summed E-state index contributed by atoms with van der Waals surface area (Å²) < 4.78 is 69.8. The Morgan fingerprint density at radius 1 is 1.24 bits per heavy atom. The molecule has 0 spiro atoms. The van der Waals surface area contributed by atoms with E-state index in [1.165, 1.54) is 12.1 Å². The zero-order chi connectivity index (χ0) is 15.7. The third kappa shape index (κ3) is 3.91. The summed E-state index contributed by atoms with van der Waals surface area (Å²) in [5, 5.41) is 2.99. The van der Waals surface area contributed by atoms with Gasteiger partial charge >= 0.3 is 5.76 Å². The zero-order valence-electron chi connectivity index (χ0n) is 11.0. The molecule has 1 N–H and O–H groups in total. The molecule has 0 bridgehead atoms. The van der Waals surface area contributed by atoms with E-state index in [1.807, 2.05) is 0 Å². The Labute approximate surface area is 122 Å². The van der Waals surface area contributed by atoms with Gasteiger partial charge in [-0.2, -0.15) is 8.78 Å². The molecule has 0 radical (unpaired) electrons. The summed E-state index contributed by atoms with van der Waals surface area (Å²) in [7, 11) is -7.52. The number of sulfone groups is 2. The van der Waals surface area contributed by atoms with Crippen molar-refractivity contribution in [3.63, 3.8) is 0 Å². The molecule has 1 aromatic carbocycles. The Kier molecular flexibility index (Phi) is 4.52. The predicted octanol–water partition coefficient (Wildman–Crippen LogP) is 1.53. The largest absolute Gasteiger partial charge is 0.385 e. The van der Waals surface area contributed by atoms with Crippen LogP contribution in [-0.2, 0) is 19.7 Å². The molecule has 1 aliphatic heterocycles. The minimum atomic E-state index is -4.58. The maximum absolute atomic E-state index is 12.4. The number of alkyl halides is 2. The number of anilines is 1. The summed E-state index contributed by atoms with van der Waals surface area (Å²) in [6, 6.07) is 4.99. The highest BCUT2D eigenvalue weighted by Gasteiger charge is 2.28. The monoisotopic (exact) mass is 339 g/mol. The lowest BCUT2D eigenvalue weighted by atomic mass is 10.1. The normalized spacial score (nSPS) is 21.6. The van der Waals surface area contributed by atoms with Gasteiger partial charge in [-0.05, 0) is 36.6 Å². The highest BCUT2D eigenvalue weighted by Crippen LogP contribution is 2.22. The molecule has 5 nitrogen and oxygen atoms in total. The molecule has 1 atom stereocenters. The molecule has 1 aromatic rings. The Morgan fingerprint density at radius 3 is 2.33 bits per heavy atom. The van der Waals surface area contributed by atoms with Gasteiger partial charge in [-0.3, -0.25) is 0 Å². The van der Waals surface area contributed by atoms with Crippen LogP contribution in [0.3, 0.4) is 0 Å². The van der Waals surface area contributed by atoms with E-state index < -0.39 is 30.3 Å². The molecule has 0 aromatic heterocycles. The second-order valence-electron chi connectivity index (χ2n) is 4.98. The molecular weight excluding hydrogens is 324 g/mol. The number of hydrogen-bond acceptors (Lipinski definition) is 5. The Balaban J connectivity index is 1.98. The first kappa shape index (κ1) is 16.2. The standard InChI is InChI=1S/C12H15F2NO4S2/c13-12(14)21(18,19)11-3-1-10(2-4-11)15-7-9-5-6-20(16,17)8-9/h1-4,9,12,15H,5-8H2/t9-/m0/s1. The second-order valence-corrected chi connectivity index (χ2v) is 9.13. The van der Waals surface area contributed by atoms with Gasteiger partial charge in [-0.15, -0.1) is 0 Å². The molecule has 118 valence electrons. The number of nitrogens with one attached hydrogen (secondary N) is 1. The van der Waals surface area contributed by atoms with Gasteiger partial charge in [-0.1, -0.05) is 0 Å². The van der Waals surface area contributed by atoms with Crippen LogP contribution < -0.4 is 5.32 Å². The maximum atomic E-state index is 12.4. The van der Waals surface area contributed by atoms with Crippen LogP contribution >= 0.6 is 0 Å². The van der Waals surface area contributed by atoms with E-state index in [0.29, 0.717) is 18.7 Å². The molecule has 1 aliphatic rings. The zero-order valence-corrected chi connectivity index (χ0v) is 12.6. The lowest BCUT2D eigenvalue weighted by Crippen LogP contribution is -2.16. The predicted molar refractivity (Wildman–Crippen MR) is 74.9 cm³/mol. The fraction of sp³-hybridized carbons (Fsp3) is 0.500. The van der Waals surface area contributed by atoms with Crippen molar-refractivity contribution < 1.29 is 25.6 Å². The van der Waals surface area contributed by atoms with Gasteiger partial charge in [-0.25, -0.2) is 16.8 Å². The smallest absolute Gasteiger partial charge is 0.341 e. The molecule has 0 amide bonds. The summed E-state index contributed by atoms with van der Waals surface area (Å²) >= 11 is 0. The molecule has 1 heterocycles. The van der Waals surface area contributed by atoms with Gasteiger partial charge in [0.2, 0.25) is 9.84 Å². The molecular formula is C12H15F2NO4S2. The Hall–Kier alpha value is -1.22. The van der Waals surface area contributed by atoms with E-state index in [9.17, 15) is 25.6 Å². The highest BCUT2D eigenvalue weighted by molar-refractivity contribution is 7.92. The van der Waals surface area contributed by atoms with Gasteiger partial charge in [0, 0.05) is 12.2 Å². The molecule has 9 heteroatoms. The average molecular weight is 339 g/mol. The van der Waals surface area contributed by atoms with Crippen molar-refractivity contribution in [3.8, 4) is 0 Å². The van der Waals surface area contributed by atoms with Crippen molar-refractivity contribution in [2.45, 2.75) is 17.1 Å². The van der Waals surface area contributed by atoms with E-state index in [0.717, 1.165) is 12.1 Å². The quantitative estimate of drug-likeness (QED) is 0.880. The number of hydrogen-bond donors (Lipinski definition) is 1. The molecule has 0 saturated carbocycles. The fourth-order valence-electron chi connectivity index (χ4n) is 2.16. The molecule has 1 saturated heterocycles. The minimum absolute atomic E-state index is 0.0134. The Morgan fingerprint density at radius 2 is 1.86 bits per heavy atom. The number of rotatable bonds is 5. The molecule has 1 fully saturated rings. The van der Waals surface area contributed by atoms with E-state index in [1.54, 1.807) is 0 Å². The van der Waals surface area contributed by atoms with Crippen LogP contribution in [0, 0.1) is 5.92 Å². The van der Waals surface area contributed by atoms with Crippen LogP contribution in [0.2, 0.25) is 0 Å². The summed E-state index contributed by atoms with van der Waals surface area (Å²) in [5.41, 5.74) is 0.563. The van der Waals surface area contributed by atoms with Gasteiger partial charge in [0.05, 0.1) is 16.4 Å². The van der Waals surface area contributed by atoms with Crippen molar-refractivity contribution in [2.75, 3.05) is 23.4 Å². The topological polar surface area (TPSA) is 80.3 Å². The number of halogens is 2. The van der Waals surface area contributed by atoms with Crippen LogP contribution in [0.15, 0.2) is 29.2 Å². The molecule has 0 unspecified atom stereocenters. The SMILES string of the molecule is O=S1(=O)CC[C@@H](CNc2ccc(S(=O)(=O)C(F)F)cc2)C1. The third-order valence-corrected chi connectivity index (χ3v) is 6.57. The van der Waals surface area contributed by atoms with Crippen molar-refractivity contribution >= 4 is 25.4 Å². The second kappa shape index (κ2) is 5.88. The highest BCUT2D eigenvalue weighted by atomic mass is 32.2. The summed E-state index contributed by atoms with van der Waals surface area (Å²) in [5.74, 6) is -3.11. The summed E-state index contributed by atoms with van der Waals surface area (Å²) in [6.45, 7) is 0.445.